The third-order valence-corrected chi connectivity index (χ3v) is 5.07. The average Bonchev–Trinajstić information content (AvgIpc) is 2.79. The molecule has 2 heterocycles. The van der Waals surface area contributed by atoms with E-state index in [9.17, 15) is 9.18 Å². The van der Waals surface area contributed by atoms with Crippen LogP contribution in [0.4, 0.5) is 20.7 Å². The number of nitrogens with zero attached hydrogens (tertiary/aromatic N) is 2. The summed E-state index contributed by atoms with van der Waals surface area (Å²) in [6.07, 6.45) is 3.20. The maximum Gasteiger partial charge on any atom is 0.410 e. The Morgan fingerprint density at radius 2 is 2.03 bits per heavy atom. The third-order valence-electron chi connectivity index (χ3n) is 5.07. The van der Waals surface area contributed by atoms with Gasteiger partial charge in [0.05, 0.1) is 25.5 Å². The van der Waals surface area contributed by atoms with E-state index in [0.717, 1.165) is 6.42 Å². The van der Waals surface area contributed by atoms with Gasteiger partial charge in [-0.2, -0.15) is 0 Å². The lowest BCUT2D eigenvalue weighted by Crippen LogP contribution is -2.42. The number of nitrogens with one attached hydrogen (secondary N) is 1. The summed E-state index contributed by atoms with van der Waals surface area (Å²) in [4.78, 5) is 18.1. The van der Waals surface area contributed by atoms with E-state index in [0.29, 0.717) is 55.6 Å². The van der Waals surface area contributed by atoms with Gasteiger partial charge in [-0.15, -0.1) is 0 Å². The molecule has 0 bridgehead atoms. The number of pyridine rings is 1. The summed E-state index contributed by atoms with van der Waals surface area (Å²) in [5.41, 5.74) is 0.249. The molecule has 180 valence electrons. The van der Waals surface area contributed by atoms with E-state index in [4.69, 9.17) is 18.9 Å². The van der Waals surface area contributed by atoms with Crippen LogP contribution < -0.4 is 19.5 Å². The molecule has 0 unspecified atom stereocenters. The molecule has 0 spiro atoms. The van der Waals surface area contributed by atoms with Gasteiger partial charge in [-0.25, -0.2) is 14.2 Å². The zero-order valence-electron chi connectivity index (χ0n) is 19.6. The topological polar surface area (TPSA) is 82.2 Å². The largest absolute Gasteiger partial charge is 0.493 e. The second-order valence-corrected chi connectivity index (χ2v) is 8.04. The van der Waals surface area contributed by atoms with E-state index in [-0.39, 0.29) is 24.0 Å². The number of benzene rings is 1. The number of anilines is 2. The Kier molecular flexibility index (Phi) is 8.57. The number of methoxy groups -OCH3 is 1. The molecule has 0 aliphatic carbocycles. The van der Waals surface area contributed by atoms with Gasteiger partial charge in [0.1, 0.15) is 17.7 Å². The molecule has 1 amide bonds. The number of likely N-dealkylation sites (tertiary alicyclic amines) is 1. The van der Waals surface area contributed by atoms with Gasteiger partial charge in [-0.3, -0.25) is 0 Å². The van der Waals surface area contributed by atoms with Crippen molar-refractivity contribution in [2.45, 2.75) is 52.2 Å². The molecule has 0 radical (unpaired) electrons. The number of amides is 1. The molecule has 9 heteroatoms. The Hall–Kier alpha value is -3.23. The fourth-order valence-electron chi connectivity index (χ4n) is 3.46. The van der Waals surface area contributed by atoms with Crippen molar-refractivity contribution in [3.8, 4) is 17.2 Å². The predicted octanol–water partition coefficient (Wildman–Crippen LogP) is 5.15. The Labute approximate surface area is 194 Å². The van der Waals surface area contributed by atoms with Crippen molar-refractivity contribution in [2.75, 3.05) is 32.1 Å². The van der Waals surface area contributed by atoms with Crippen LogP contribution in [0.1, 0.15) is 40.0 Å². The minimum absolute atomic E-state index is 0.0935. The van der Waals surface area contributed by atoms with E-state index >= 15 is 0 Å². The lowest BCUT2D eigenvalue weighted by atomic mass is 10.1. The highest BCUT2D eigenvalue weighted by Crippen LogP contribution is 2.37. The Bertz CT molecular complexity index is 932. The summed E-state index contributed by atoms with van der Waals surface area (Å²) in [7, 11) is 1.51. The summed E-state index contributed by atoms with van der Waals surface area (Å²) in [5.74, 6) is 1.24. The highest BCUT2D eigenvalue weighted by Gasteiger charge is 2.26. The fraction of sp³-hybridized carbons (Fsp3) is 0.500. The zero-order valence-corrected chi connectivity index (χ0v) is 19.6. The molecule has 1 fully saturated rings. The van der Waals surface area contributed by atoms with Crippen LogP contribution in [-0.4, -0.2) is 55.0 Å². The average molecular weight is 462 g/mol. The highest BCUT2D eigenvalue weighted by molar-refractivity contribution is 5.68. The van der Waals surface area contributed by atoms with Crippen LogP contribution in [0.2, 0.25) is 0 Å². The van der Waals surface area contributed by atoms with Crippen LogP contribution in [-0.2, 0) is 4.74 Å². The molecule has 1 aliphatic heterocycles. The van der Waals surface area contributed by atoms with E-state index in [2.05, 4.69) is 10.3 Å². The molecule has 1 aromatic heterocycles. The smallest absolute Gasteiger partial charge is 0.410 e. The van der Waals surface area contributed by atoms with Crippen LogP contribution in [0.3, 0.4) is 0 Å². The lowest BCUT2D eigenvalue weighted by molar-refractivity contribution is 0.0511. The summed E-state index contributed by atoms with van der Waals surface area (Å²) >= 11 is 0. The number of rotatable bonds is 9. The van der Waals surface area contributed by atoms with Gasteiger partial charge >= 0.3 is 6.09 Å². The van der Waals surface area contributed by atoms with E-state index in [1.165, 1.54) is 13.2 Å². The van der Waals surface area contributed by atoms with Gasteiger partial charge in [0.2, 0.25) is 5.75 Å². The molecular weight excluding hydrogens is 429 g/mol. The number of hydrogen-bond donors (Lipinski definition) is 1. The first-order valence-corrected chi connectivity index (χ1v) is 11.3. The van der Waals surface area contributed by atoms with Crippen LogP contribution in [0.25, 0.3) is 0 Å². The van der Waals surface area contributed by atoms with Gasteiger partial charge in [-0.05, 0) is 32.4 Å². The molecule has 0 atom stereocenters. The molecule has 1 aromatic carbocycles. The molecular formula is C24H32FN3O5. The number of halogens is 1. The maximum atomic E-state index is 14.6. The van der Waals surface area contributed by atoms with E-state index in [1.54, 1.807) is 29.3 Å². The van der Waals surface area contributed by atoms with Gasteiger partial charge in [0.25, 0.3) is 0 Å². The maximum absolute atomic E-state index is 14.6. The third kappa shape index (κ3) is 6.63. The van der Waals surface area contributed by atoms with Crippen LogP contribution in [0.5, 0.6) is 17.2 Å². The molecule has 1 N–H and O–H groups in total. The van der Waals surface area contributed by atoms with Crippen molar-refractivity contribution >= 4 is 17.6 Å². The van der Waals surface area contributed by atoms with Crippen molar-refractivity contribution in [3.05, 3.63) is 36.3 Å². The first-order valence-electron chi connectivity index (χ1n) is 11.3. The molecule has 33 heavy (non-hydrogen) atoms. The summed E-state index contributed by atoms with van der Waals surface area (Å²) in [6, 6.07) is 6.34. The van der Waals surface area contributed by atoms with Gasteiger partial charge in [0.15, 0.2) is 11.6 Å². The van der Waals surface area contributed by atoms with Crippen molar-refractivity contribution in [3.63, 3.8) is 0 Å². The van der Waals surface area contributed by atoms with Crippen molar-refractivity contribution < 1.29 is 28.1 Å². The van der Waals surface area contributed by atoms with Gasteiger partial charge in [-0.1, -0.05) is 6.92 Å². The zero-order chi connectivity index (χ0) is 23.8. The lowest BCUT2D eigenvalue weighted by Gasteiger charge is -2.32. The number of piperidine rings is 1. The Balaban J connectivity index is 1.66. The number of carbonyl (C=O) groups excluding carboxylic acids is 1. The second-order valence-electron chi connectivity index (χ2n) is 8.04. The van der Waals surface area contributed by atoms with Crippen LogP contribution in [0, 0.1) is 5.82 Å². The Morgan fingerprint density at radius 3 is 2.67 bits per heavy atom. The molecule has 1 aliphatic rings. The van der Waals surface area contributed by atoms with Gasteiger partial charge in [0, 0.05) is 44.3 Å². The van der Waals surface area contributed by atoms with Crippen molar-refractivity contribution in [1.82, 2.24) is 9.88 Å². The quantitative estimate of drug-likeness (QED) is 0.553. The monoisotopic (exact) mass is 461 g/mol. The normalized spacial score (nSPS) is 14.2. The first-order chi connectivity index (χ1) is 15.9. The standard InChI is InChI=1S/C24H32FN3O5/c1-5-14-31-18-6-7-20(19(25)15-18)27-23-22(30-4)21(8-11-26-23)33-17-9-12-28(13-10-17)24(29)32-16(2)3/h6-8,11,15-17H,5,9-10,12-14H2,1-4H3,(H,26,27). The minimum Gasteiger partial charge on any atom is -0.493 e. The SMILES string of the molecule is CCCOc1ccc(Nc2nccc(OC3CCN(C(=O)OC(C)C)CC3)c2OC)c(F)c1. The summed E-state index contributed by atoms with van der Waals surface area (Å²) in [6.45, 7) is 7.27. The number of carbonyl (C=O) groups is 1. The molecule has 2 aromatic rings. The molecule has 3 rings (SSSR count). The predicted molar refractivity (Wildman–Crippen MR) is 123 cm³/mol. The highest BCUT2D eigenvalue weighted by atomic mass is 19.1. The van der Waals surface area contributed by atoms with Crippen LogP contribution in [0.15, 0.2) is 30.5 Å². The second kappa shape index (κ2) is 11.6. The van der Waals surface area contributed by atoms with Crippen molar-refractivity contribution in [2.24, 2.45) is 0 Å². The number of ether oxygens (including phenoxy) is 4. The van der Waals surface area contributed by atoms with E-state index in [1.807, 2.05) is 20.8 Å². The number of aromatic nitrogens is 1. The van der Waals surface area contributed by atoms with E-state index < -0.39 is 5.82 Å². The molecule has 8 nitrogen and oxygen atoms in total. The van der Waals surface area contributed by atoms with Crippen molar-refractivity contribution in [1.29, 1.82) is 0 Å². The molecule has 0 saturated carbocycles. The number of hydrogen-bond acceptors (Lipinski definition) is 7. The summed E-state index contributed by atoms with van der Waals surface area (Å²) in [5, 5.41) is 2.98. The van der Waals surface area contributed by atoms with Crippen LogP contribution >= 0.6 is 0 Å². The molecule has 1 saturated heterocycles. The minimum atomic E-state index is -0.459. The summed E-state index contributed by atoms with van der Waals surface area (Å²) < 4.78 is 37.0. The Morgan fingerprint density at radius 1 is 1.27 bits per heavy atom. The fourth-order valence-corrected chi connectivity index (χ4v) is 3.46. The van der Waals surface area contributed by atoms with Gasteiger partial charge < -0.3 is 29.2 Å². The first kappa shape index (κ1) is 24.4.